The van der Waals surface area contributed by atoms with Gasteiger partial charge < -0.3 is 9.64 Å². The average Bonchev–Trinajstić information content (AvgIpc) is 3.40. The lowest BCUT2D eigenvalue weighted by atomic mass is 9.82. The first-order chi connectivity index (χ1) is 17.8. The number of carbonyl (C=O) groups excluding carboxylic acids is 4. The maximum atomic E-state index is 13.0. The number of imide groups is 1. The third-order valence-electron chi connectivity index (χ3n) is 7.83. The number of amides is 3. The van der Waals surface area contributed by atoms with E-state index in [4.69, 9.17) is 4.74 Å². The van der Waals surface area contributed by atoms with Crippen LogP contribution in [0.25, 0.3) is 0 Å². The van der Waals surface area contributed by atoms with Crippen molar-refractivity contribution < 1.29 is 23.9 Å². The number of aryl methyl sites for hydroxylation is 2. The van der Waals surface area contributed by atoms with Crippen molar-refractivity contribution in [2.45, 2.75) is 52.9 Å². The molecule has 3 atom stereocenters. The molecule has 192 valence electrons. The number of carbonyl (C=O) groups is 4. The number of esters is 1. The Morgan fingerprint density at radius 2 is 1.57 bits per heavy atom. The highest BCUT2D eigenvalue weighted by molar-refractivity contribution is 6.22. The van der Waals surface area contributed by atoms with Gasteiger partial charge in [-0.05, 0) is 68.0 Å². The molecule has 0 aromatic heterocycles. The maximum Gasteiger partial charge on any atom is 0.316 e. The summed E-state index contributed by atoms with van der Waals surface area (Å²) in [5.74, 6) is -1.74. The number of hydrogen-bond donors (Lipinski definition) is 0. The molecular weight excluding hydrogens is 468 g/mol. The standard InChI is InChI=1S/C30H32N2O5/c1-4-19-7-6-8-20(5-2)27(19)31-17-21(16-26(31)33)30(36)37-23-12-10-22(11-13-23)32-28(34)24-14-9-18(3)15-25(24)29(32)35/h6-13,21,24-25H,4-5,14-17H2,1-3H3/t21-,24+,25-/m1/s1. The largest absolute Gasteiger partial charge is 0.426 e. The molecule has 2 aromatic rings. The summed E-state index contributed by atoms with van der Waals surface area (Å²) < 4.78 is 5.61. The number of fused-ring (bicyclic) bond motifs is 1. The lowest BCUT2D eigenvalue weighted by Crippen LogP contribution is -2.30. The molecule has 0 spiro atoms. The Bertz CT molecular complexity index is 1270. The van der Waals surface area contributed by atoms with Crippen LogP contribution in [0.15, 0.2) is 54.1 Å². The summed E-state index contributed by atoms with van der Waals surface area (Å²) in [6.45, 7) is 6.39. The van der Waals surface area contributed by atoms with E-state index in [1.54, 1.807) is 29.2 Å². The monoisotopic (exact) mass is 500 g/mol. The van der Waals surface area contributed by atoms with Crippen LogP contribution in [0.2, 0.25) is 0 Å². The molecule has 3 aliphatic rings. The SMILES string of the molecule is CCc1cccc(CC)c1N1C[C@H](C(=O)Oc2ccc(N3C(=O)[C@H]4CC=C(C)C[C@H]4C3=O)cc2)CC1=O. The third kappa shape index (κ3) is 4.47. The first kappa shape index (κ1) is 24.9. The van der Waals surface area contributed by atoms with Crippen LogP contribution in [0.3, 0.4) is 0 Å². The van der Waals surface area contributed by atoms with Crippen LogP contribution in [0.4, 0.5) is 11.4 Å². The van der Waals surface area contributed by atoms with Crippen LogP contribution in [-0.2, 0) is 32.0 Å². The summed E-state index contributed by atoms with van der Waals surface area (Å²) in [6.07, 6.45) is 4.94. The van der Waals surface area contributed by atoms with Crippen molar-refractivity contribution in [1.82, 2.24) is 0 Å². The van der Waals surface area contributed by atoms with E-state index in [0.29, 0.717) is 24.3 Å². The summed E-state index contributed by atoms with van der Waals surface area (Å²) in [4.78, 5) is 54.7. The fourth-order valence-corrected chi connectivity index (χ4v) is 5.80. The predicted molar refractivity (Wildman–Crippen MR) is 140 cm³/mol. The molecule has 0 saturated carbocycles. The zero-order valence-electron chi connectivity index (χ0n) is 21.5. The summed E-state index contributed by atoms with van der Waals surface area (Å²) in [7, 11) is 0. The van der Waals surface area contributed by atoms with Crippen LogP contribution in [0, 0.1) is 17.8 Å². The van der Waals surface area contributed by atoms with Crippen LogP contribution in [0.1, 0.15) is 51.2 Å². The molecule has 0 unspecified atom stereocenters. The Hall–Kier alpha value is -3.74. The topological polar surface area (TPSA) is 84.0 Å². The second-order valence-corrected chi connectivity index (χ2v) is 10.2. The summed E-state index contributed by atoms with van der Waals surface area (Å²) in [6, 6.07) is 12.5. The van der Waals surface area contributed by atoms with Gasteiger partial charge in [-0.3, -0.25) is 24.1 Å². The van der Waals surface area contributed by atoms with Crippen molar-refractivity contribution >= 4 is 35.1 Å². The van der Waals surface area contributed by atoms with Crippen LogP contribution in [0.5, 0.6) is 5.75 Å². The van der Waals surface area contributed by atoms with Gasteiger partial charge in [0.15, 0.2) is 0 Å². The highest BCUT2D eigenvalue weighted by atomic mass is 16.5. The smallest absolute Gasteiger partial charge is 0.316 e. The normalized spacial score (nSPS) is 23.4. The third-order valence-corrected chi connectivity index (χ3v) is 7.83. The number of allylic oxidation sites excluding steroid dienone is 2. The van der Waals surface area contributed by atoms with Crippen molar-refractivity contribution in [3.8, 4) is 5.75 Å². The minimum atomic E-state index is -0.567. The predicted octanol–water partition coefficient (Wildman–Crippen LogP) is 4.62. The van der Waals surface area contributed by atoms with E-state index in [0.717, 1.165) is 35.2 Å². The molecular formula is C30H32N2O5. The molecule has 2 aromatic carbocycles. The van der Waals surface area contributed by atoms with Crippen LogP contribution < -0.4 is 14.5 Å². The quantitative estimate of drug-likeness (QED) is 0.250. The summed E-state index contributed by atoms with van der Waals surface area (Å²) in [5.41, 5.74) is 4.72. The van der Waals surface area contributed by atoms with E-state index in [2.05, 4.69) is 13.8 Å². The Labute approximate surface area is 217 Å². The lowest BCUT2D eigenvalue weighted by molar-refractivity contribution is -0.139. The molecule has 7 nitrogen and oxygen atoms in total. The molecule has 2 heterocycles. The first-order valence-corrected chi connectivity index (χ1v) is 13.1. The number of anilines is 2. The Morgan fingerprint density at radius 1 is 0.919 bits per heavy atom. The van der Waals surface area contributed by atoms with Gasteiger partial charge in [-0.25, -0.2) is 0 Å². The van der Waals surface area contributed by atoms with Gasteiger partial charge in [-0.15, -0.1) is 0 Å². The van der Waals surface area contributed by atoms with Crippen molar-refractivity contribution in [2.24, 2.45) is 17.8 Å². The number of ether oxygens (including phenoxy) is 1. The van der Waals surface area contributed by atoms with Crippen molar-refractivity contribution in [3.05, 3.63) is 65.2 Å². The Balaban J connectivity index is 1.27. The van der Waals surface area contributed by atoms with Gasteiger partial charge in [0.2, 0.25) is 17.7 Å². The highest BCUT2D eigenvalue weighted by Crippen LogP contribution is 2.40. The minimum absolute atomic E-state index is 0.0786. The molecule has 1 aliphatic carbocycles. The van der Waals surface area contributed by atoms with E-state index < -0.39 is 11.9 Å². The number of benzene rings is 2. The van der Waals surface area contributed by atoms with Gasteiger partial charge in [-0.2, -0.15) is 0 Å². The first-order valence-electron chi connectivity index (χ1n) is 13.1. The zero-order chi connectivity index (χ0) is 26.3. The highest BCUT2D eigenvalue weighted by Gasteiger charge is 2.48. The number of rotatable bonds is 6. The van der Waals surface area contributed by atoms with E-state index in [9.17, 15) is 19.2 Å². The van der Waals surface area contributed by atoms with E-state index >= 15 is 0 Å². The molecule has 0 radical (unpaired) electrons. The van der Waals surface area contributed by atoms with Gasteiger partial charge in [-0.1, -0.05) is 43.7 Å². The number of hydrogen-bond acceptors (Lipinski definition) is 5. The molecule has 0 N–H and O–H groups in total. The molecule has 3 amide bonds. The van der Waals surface area contributed by atoms with E-state index in [-0.39, 0.29) is 42.5 Å². The second kappa shape index (κ2) is 9.96. The van der Waals surface area contributed by atoms with Gasteiger partial charge in [0.1, 0.15) is 5.75 Å². The molecule has 2 aliphatic heterocycles. The Morgan fingerprint density at radius 3 is 2.22 bits per heavy atom. The van der Waals surface area contributed by atoms with Crippen LogP contribution in [-0.4, -0.2) is 30.2 Å². The zero-order valence-corrected chi connectivity index (χ0v) is 21.5. The fraction of sp³-hybridized carbons (Fsp3) is 0.400. The molecule has 37 heavy (non-hydrogen) atoms. The molecule has 2 saturated heterocycles. The fourth-order valence-electron chi connectivity index (χ4n) is 5.80. The number of para-hydroxylation sites is 1. The van der Waals surface area contributed by atoms with E-state index in [1.807, 2.05) is 31.2 Å². The minimum Gasteiger partial charge on any atom is -0.426 e. The maximum absolute atomic E-state index is 13.0. The van der Waals surface area contributed by atoms with Crippen molar-refractivity contribution in [2.75, 3.05) is 16.3 Å². The molecule has 7 heteroatoms. The van der Waals surface area contributed by atoms with Gasteiger partial charge >= 0.3 is 5.97 Å². The molecule has 5 rings (SSSR count). The average molecular weight is 501 g/mol. The second-order valence-electron chi connectivity index (χ2n) is 10.2. The van der Waals surface area contributed by atoms with Crippen molar-refractivity contribution in [3.63, 3.8) is 0 Å². The Kier molecular flexibility index (Phi) is 6.71. The summed E-state index contributed by atoms with van der Waals surface area (Å²) >= 11 is 0. The number of nitrogens with zero attached hydrogens (tertiary/aromatic N) is 2. The van der Waals surface area contributed by atoms with Crippen LogP contribution >= 0.6 is 0 Å². The molecule has 0 bridgehead atoms. The molecule has 2 fully saturated rings. The van der Waals surface area contributed by atoms with Gasteiger partial charge in [0.05, 0.1) is 23.4 Å². The van der Waals surface area contributed by atoms with Gasteiger partial charge in [0, 0.05) is 18.7 Å². The van der Waals surface area contributed by atoms with E-state index in [1.165, 1.54) is 4.90 Å². The summed E-state index contributed by atoms with van der Waals surface area (Å²) in [5, 5.41) is 0. The van der Waals surface area contributed by atoms with Gasteiger partial charge in [0.25, 0.3) is 0 Å². The lowest BCUT2D eigenvalue weighted by Gasteiger charge is -2.23. The van der Waals surface area contributed by atoms with Crippen molar-refractivity contribution in [1.29, 1.82) is 0 Å².